The van der Waals surface area contributed by atoms with Crippen LogP contribution in [0, 0.1) is 0 Å². The van der Waals surface area contributed by atoms with Gasteiger partial charge in [0.25, 0.3) is 0 Å². The SMILES string of the molecule is COCCN(C)C1CCc2nc(-c3[nH]nc(-c4cc(OC)c5ncnn5c4)c3C(C)C)sc2C1. The van der Waals surface area contributed by atoms with Crippen LogP contribution in [0.5, 0.6) is 5.75 Å². The van der Waals surface area contributed by atoms with E-state index in [4.69, 9.17) is 19.6 Å². The predicted molar refractivity (Wildman–Crippen MR) is 133 cm³/mol. The normalized spacial score (nSPS) is 16.0. The molecule has 9 nitrogen and oxygen atoms in total. The summed E-state index contributed by atoms with van der Waals surface area (Å²) in [6.45, 7) is 6.09. The molecule has 34 heavy (non-hydrogen) atoms. The fraction of sp³-hybridized carbons (Fsp3) is 0.500. The van der Waals surface area contributed by atoms with Crippen LogP contribution in [0.2, 0.25) is 0 Å². The van der Waals surface area contributed by atoms with E-state index in [0.29, 0.717) is 17.4 Å². The lowest BCUT2D eigenvalue weighted by atomic mass is 9.96. The molecule has 0 fully saturated rings. The van der Waals surface area contributed by atoms with E-state index < -0.39 is 0 Å². The highest BCUT2D eigenvalue weighted by molar-refractivity contribution is 7.15. The fourth-order valence-electron chi connectivity index (χ4n) is 4.73. The first-order chi connectivity index (χ1) is 16.5. The zero-order valence-electron chi connectivity index (χ0n) is 20.3. The van der Waals surface area contributed by atoms with Crippen molar-refractivity contribution in [1.82, 2.24) is 34.7 Å². The Morgan fingerprint density at radius 1 is 1.32 bits per heavy atom. The van der Waals surface area contributed by atoms with Crippen molar-refractivity contribution >= 4 is 17.0 Å². The Kier molecular flexibility index (Phi) is 6.37. The van der Waals surface area contributed by atoms with Gasteiger partial charge in [0.1, 0.15) is 11.3 Å². The van der Waals surface area contributed by atoms with E-state index in [2.05, 4.69) is 41.0 Å². The van der Waals surface area contributed by atoms with Gasteiger partial charge in [-0.1, -0.05) is 13.8 Å². The zero-order chi connectivity index (χ0) is 23.8. The molecule has 1 aliphatic carbocycles. The number of pyridine rings is 1. The van der Waals surface area contributed by atoms with Crippen LogP contribution in [0.25, 0.3) is 27.6 Å². The lowest BCUT2D eigenvalue weighted by molar-refractivity contribution is 0.133. The van der Waals surface area contributed by atoms with Gasteiger partial charge in [-0.05, 0) is 38.3 Å². The maximum atomic E-state index is 5.57. The number of nitrogens with zero attached hydrogens (tertiary/aromatic N) is 6. The van der Waals surface area contributed by atoms with Crippen LogP contribution in [0.4, 0.5) is 0 Å². The number of fused-ring (bicyclic) bond motifs is 2. The Hall–Kier alpha value is -2.82. The molecule has 1 atom stereocenters. The maximum absolute atomic E-state index is 5.57. The lowest BCUT2D eigenvalue weighted by Gasteiger charge is -2.30. The van der Waals surface area contributed by atoms with Gasteiger partial charge in [0.2, 0.25) is 0 Å². The monoisotopic (exact) mass is 481 g/mol. The summed E-state index contributed by atoms with van der Waals surface area (Å²) >= 11 is 1.79. The van der Waals surface area contributed by atoms with E-state index in [-0.39, 0.29) is 5.92 Å². The topological polar surface area (TPSA) is 93.5 Å². The largest absolute Gasteiger partial charge is 0.493 e. The Balaban J connectivity index is 1.50. The van der Waals surface area contributed by atoms with Gasteiger partial charge in [0.15, 0.2) is 11.4 Å². The molecule has 0 amide bonds. The molecule has 0 aromatic carbocycles. The van der Waals surface area contributed by atoms with Gasteiger partial charge in [-0.15, -0.1) is 11.3 Å². The summed E-state index contributed by atoms with van der Waals surface area (Å²) in [6.07, 6.45) is 6.64. The first-order valence-corrected chi connectivity index (χ1v) is 12.5. The number of likely N-dealkylation sites (N-methyl/N-ethyl adjacent to an activating group) is 1. The third-order valence-electron chi connectivity index (χ3n) is 6.62. The van der Waals surface area contributed by atoms with Gasteiger partial charge >= 0.3 is 0 Å². The van der Waals surface area contributed by atoms with Gasteiger partial charge in [0.05, 0.1) is 30.8 Å². The zero-order valence-corrected chi connectivity index (χ0v) is 21.1. The number of H-pyrrole nitrogens is 1. The Morgan fingerprint density at radius 3 is 2.94 bits per heavy atom. The highest BCUT2D eigenvalue weighted by Crippen LogP contribution is 2.40. The van der Waals surface area contributed by atoms with Crippen molar-refractivity contribution in [3.8, 4) is 27.7 Å². The maximum Gasteiger partial charge on any atom is 0.197 e. The molecule has 4 aromatic rings. The molecule has 0 bridgehead atoms. The molecule has 0 saturated carbocycles. The number of aryl methyl sites for hydroxylation is 1. The number of thiazole rings is 1. The van der Waals surface area contributed by atoms with Crippen LogP contribution in [0.1, 0.15) is 42.3 Å². The molecule has 1 unspecified atom stereocenters. The third-order valence-corrected chi connectivity index (χ3v) is 7.75. The van der Waals surface area contributed by atoms with Crippen molar-refractivity contribution < 1.29 is 9.47 Å². The van der Waals surface area contributed by atoms with Crippen LogP contribution < -0.4 is 4.74 Å². The van der Waals surface area contributed by atoms with Gasteiger partial charge in [-0.2, -0.15) is 10.2 Å². The molecule has 0 aliphatic heterocycles. The van der Waals surface area contributed by atoms with Crippen LogP contribution in [0.15, 0.2) is 18.6 Å². The van der Waals surface area contributed by atoms with Crippen molar-refractivity contribution in [3.63, 3.8) is 0 Å². The summed E-state index contributed by atoms with van der Waals surface area (Å²) in [5, 5.41) is 13.4. The van der Waals surface area contributed by atoms with Crippen molar-refractivity contribution in [2.24, 2.45) is 0 Å². The van der Waals surface area contributed by atoms with E-state index in [1.165, 1.54) is 16.9 Å². The highest BCUT2D eigenvalue weighted by atomic mass is 32.1. The molecule has 4 heterocycles. The second kappa shape index (κ2) is 9.44. The Bertz CT molecular complexity index is 1290. The van der Waals surface area contributed by atoms with Crippen molar-refractivity contribution in [2.75, 3.05) is 34.4 Å². The smallest absolute Gasteiger partial charge is 0.197 e. The van der Waals surface area contributed by atoms with Crippen LogP contribution in [-0.4, -0.2) is 75.1 Å². The summed E-state index contributed by atoms with van der Waals surface area (Å²) in [4.78, 5) is 13.1. The summed E-state index contributed by atoms with van der Waals surface area (Å²) in [7, 11) is 5.59. The average molecular weight is 482 g/mol. The molecular formula is C24H31N7O2S. The number of aromatic amines is 1. The molecule has 4 aromatic heterocycles. The summed E-state index contributed by atoms with van der Waals surface area (Å²) in [5.41, 5.74) is 5.90. The third kappa shape index (κ3) is 4.10. The minimum absolute atomic E-state index is 0.259. The molecule has 5 rings (SSSR count). The van der Waals surface area contributed by atoms with Gasteiger partial charge in [-0.25, -0.2) is 14.5 Å². The number of ether oxygens (including phenoxy) is 2. The lowest BCUT2D eigenvalue weighted by Crippen LogP contribution is -2.38. The van der Waals surface area contributed by atoms with Gasteiger partial charge in [0, 0.05) is 41.9 Å². The second-order valence-electron chi connectivity index (χ2n) is 9.10. The van der Waals surface area contributed by atoms with E-state index in [9.17, 15) is 0 Å². The molecule has 180 valence electrons. The summed E-state index contributed by atoms with van der Waals surface area (Å²) in [5.74, 6) is 0.928. The van der Waals surface area contributed by atoms with Crippen LogP contribution in [0.3, 0.4) is 0 Å². The fourth-order valence-corrected chi connectivity index (χ4v) is 5.92. The first-order valence-electron chi connectivity index (χ1n) is 11.6. The van der Waals surface area contributed by atoms with Crippen LogP contribution >= 0.6 is 11.3 Å². The number of aromatic nitrogens is 6. The van der Waals surface area contributed by atoms with E-state index in [1.54, 1.807) is 30.1 Å². The summed E-state index contributed by atoms with van der Waals surface area (Å²) in [6, 6.07) is 2.50. The number of hydrogen-bond acceptors (Lipinski definition) is 8. The van der Waals surface area contributed by atoms with Crippen molar-refractivity contribution in [1.29, 1.82) is 0 Å². The summed E-state index contributed by atoms with van der Waals surface area (Å²) < 4.78 is 12.6. The average Bonchev–Trinajstić information content (AvgIpc) is 3.58. The van der Waals surface area contributed by atoms with E-state index in [1.807, 2.05) is 12.3 Å². The Morgan fingerprint density at radius 2 is 2.18 bits per heavy atom. The van der Waals surface area contributed by atoms with E-state index >= 15 is 0 Å². The molecule has 0 radical (unpaired) electrons. The van der Waals surface area contributed by atoms with E-state index in [0.717, 1.165) is 59.9 Å². The van der Waals surface area contributed by atoms with Gasteiger partial charge in [-0.3, -0.25) is 5.10 Å². The molecule has 10 heteroatoms. The van der Waals surface area contributed by atoms with Crippen molar-refractivity contribution in [2.45, 2.75) is 45.1 Å². The molecule has 0 spiro atoms. The molecule has 0 saturated heterocycles. The number of methoxy groups -OCH3 is 2. The molecular weight excluding hydrogens is 450 g/mol. The second-order valence-corrected chi connectivity index (χ2v) is 10.2. The molecule has 1 aliphatic rings. The van der Waals surface area contributed by atoms with Gasteiger partial charge < -0.3 is 14.4 Å². The quantitative estimate of drug-likeness (QED) is 0.409. The van der Waals surface area contributed by atoms with Crippen molar-refractivity contribution in [3.05, 3.63) is 34.7 Å². The first kappa shape index (κ1) is 22.9. The number of rotatable bonds is 8. The van der Waals surface area contributed by atoms with Crippen LogP contribution in [-0.2, 0) is 17.6 Å². The standard InChI is InChI=1S/C24H31N7O2S/c1-14(2)20-21(15-10-18(33-5)23-25-13-26-31(23)12-15)28-29-22(20)24-27-17-7-6-16(11-19(17)34-24)30(3)8-9-32-4/h10,12-14,16H,6-9,11H2,1-5H3,(H,28,29). The number of nitrogens with one attached hydrogen (secondary N) is 1. The molecule has 1 N–H and O–H groups in total. The predicted octanol–water partition coefficient (Wildman–Crippen LogP) is 3.81. The number of hydrogen-bond donors (Lipinski definition) is 1. The minimum Gasteiger partial charge on any atom is -0.493 e. The Labute approximate surface area is 203 Å². The minimum atomic E-state index is 0.259. The highest BCUT2D eigenvalue weighted by Gasteiger charge is 2.28.